The zero-order chi connectivity index (χ0) is 15.4. The summed E-state index contributed by atoms with van der Waals surface area (Å²) < 4.78 is 0. The fraction of sp³-hybridized carbons (Fsp3) is 0.312. The van der Waals surface area contributed by atoms with E-state index in [2.05, 4.69) is 21.4 Å². The minimum Gasteiger partial charge on any atom is -0.476 e. The second kappa shape index (κ2) is 6.35. The molecular formula is C16H19N3O2. The zero-order valence-corrected chi connectivity index (χ0v) is 12.4. The Hall–Kier alpha value is -2.43. The third-order valence-electron chi connectivity index (χ3n) is 3.09. The van der Waals surface area contributed by atoms with Crippen LogP contribution in [0, 0.1) is 6.92 Å². The van der Waals surface area contributed by atoms with Gasteiger partial charge in [-0.2, -0.15) is 0 Å². The number of aryl methyl sites for hydroxylation is 1. The Morgan fingerprint density at radius 1 is 1.38 bits per heavy atom. The van der Waals surface area contributed by atoms with Gasteiger partial charge in [0.15, 0.2) is 5.69 Å². The molecule has 1 aromatic carbocycles. The van der Waals surface area contributed by atoms with Crippen molar-refractivity contribution in [3.8, 4) is 0 Å². The van der Waals surface area contributed by atoms with Crippen molar-refractivity contribution in [2.45, 2.75) is 33.2 Å². The van der Waals surface area contributed by atoms with Gasteiger partial charge in [-0.3, -0.25) is 0 Å². The topological polar surface area (TPSA) is 75.1 Å². The molecule has 5 nitrogen and oxygen atoms in total. The lowest BCUT2D eigenvalue weighted by atomic mass is 10.1. The SMILES string of the molecule is Cc1cccc(CNc2cnc(C(C)C)nc2C(=O)O)c1. The first-order valence-corrected chi connectivity index (χ1v) is 6.87. The van der Waals surface area contributed by atoms with Gasteiger partial charge in [0, 0.05) is 12.5 Å². The highest BCUT2D eigenvalue weighted by molar-refractivity contribution is 5.91. The average Bonchev–Trinajstić information content (AvgIpc) is 2.44. The van der Waals surface area contributed by atoms with Crippen molar-refractivity contribution in [3.63, 3.8) is 0 Å². The Bertz CT molecular complexity index is 654. The molecule has 0 aliphatic carbocycles. The lowest BCUT2D eigenvalue weighted by molar-refractivity contribution is 0.0691. The quantitative estimate of drug-likeness (QED) is 0.882. The second-order valence-corrected chi connectivity index (χ2v) is 5.29. The van der Waals surface area contributed by atoms with Crippen LogP contribution < -0.4 is 5.32 Å². The van der Waals surface area contributed by atoms with E-state index in [0.29, 0.717) is 18.1 Å². The minimum atomic E-state index is -1.05. The number of carbonyl (C=O) groups is 1. The summed E-state index contributed by atoms with van der Waals surface area (Å²) in [5, 5.41) is 12.4. The predicted octanol–water partition coefficient (Wildman–Crippen LogP) is 3.22. The van der Waals surface area contributed by atoms with Gasteiger partial charge in [-0.05, 0) is 12.5 Å². The Morgan fingerprint density at radius 2 is 2.14 bits per heavy atom. The molecule has 0 saturated carbocycles. The molecule has 1 aromatic heterocycles. The molecule has 0 spiro atoms. The maximum absolute atomic E-state index is 11.3. The highest BCUT2D eigenvalue weighted by Crippen LogP contribution is 2.17. The molecule has 21 heavy (non-hydrogen) atoms. The molecule has 0 unspecified atom stereocenters. The maximum atomic E-state index is 11.3. The number of carboxylic acids is 1. The van der Waals surface area contributed by atoms with Gasteiger partial charge >= 0.3 is 5.97 Å². The van der Waals surface area contributed by atoms with Crippen molar-refractivity contribution in [1.29, 1.82) is 0 Å². The number of hydrogen-bond acceptors (Lipinski definition) is 4. The van der Waals surface area contributed by atoms with Crippen LogP contribution >= 0.6 is 0 Å². The van der Waals surface area contributed by atoms with Crippen molar-refractivity contribution in [1.82, 2.24) is 9.97 Å². The van der Waals surface area contributed by atoms with E-state index in [4.69, 9.17) is 0 Å². The molecule has 110 valence electrons. The van der Waals surface area contributed by atoms with Gasteiger partial charge in [-0.25, -0.2) is 14.8 Å². The fourth-order valence-electron chi connectivity index (χ4n) is 1.99. The van der Waals surface area contributed by atoms with Crippen LogP contribution in [0.2, 0.25) is 0 Å². The van der Waals surface area contributed by atoms with E-state index in [1.807, 2.05) is 39.0 Å². The van der Waals surface area contributed by atoms with Crippen LogP contribution in [0.15, 0.2) is 30.5 Å². The first-order valence-electron chi connectivity index (χ1n) is 6.87. The molecule has 0 aliphatic rings. The number of anilines is 1. The van der Waals surface area contributed by atoms with Crippen molar-refractivity contribution in [2.24, 2.45) is 0 Å². The van der Waals surface area contributed by atoms with Crippen LogP contribution in [0.5, 0.6) is 0 Å². The van der Waals surface area contributed by atoms with Gasteiger partial charge in [0.2, 0.25) is 0 Å². The summed E-state index contributed by atoms with van der Waals surface area (Å²) in [6, 6.07) is 8.04. The van der Waals surface area contributed by atoms with Crippen LogP contribution in [-0.2, 0) is 6.54 Å². The molecule has 0 saturated heterocycles. The summed E-state index contributed by atoms with van der Waals surface area (Å²) >= 11 is 0. The van der Waals surface area contributed by atoms with E-state index in [-0.39, 0.29) is 11.6 Å². The maximum Gasteiger partial charge on any atom is 0.356 e. The van der Waals surface area contributed by atoms with E-state index >= 15 is 0 Å². The summed E-state index contributed by atoms with van der Waals surface area (Å²) in [5.41, 5.74) is 2.70. The van der Waals surface area contributed by atoms with Gasteiger partial charge in [0.05, 0.1) is 11.9 Å². The first-order chi connectivity index (χ1) is 9.97. The monoisotopic (exact) mass is 285 g/mol. The number of hydrogen-bond donors (Lipinski definition) is 2. The Kier molecular flexibility index (Phi) is 4.52. The Balaban J connectivity index is 2.21. The van der Waals surface area contributed by atoms with E-state index in [1.54, 1.807) is 6.20 Å². The molecular weight excluding hydrogens is 266 g/mol. The summed E-state index contributed by atoms with van der Waals surface area (Å²) in [7, 11) is 0. The summed E-state index contributed by atoms with van der Waals surface area (Å²) in [5.74, 6) is -0.423. The van der Waals surface area contributed by atoms with E-state index < -0.39 is 5.97 Å². The molecule has 0 bridgehead atoms. The van der Waals surface area contributed by atoms with Crippen LogP contribution in [0.3, 0.4) is 0 Å². The number of aromatic nitrogens is 2. The van der Waals surface area contributed by atoms with Crippen LogP contribution in [0.4, 0.5) is 5.69 Å². The van der Waals surface area contributed by atoms with Crippen molar-refractivity contribution < 1.29 is 9.90 Å². The molecule has 1 heterocycles. The zero-order valence-electron chi connectivity index (χ0n) is 12.4. The first kappa shape index (κ1) is 15.0. The molecule has 5 heteroatoms. The van der Waals surface area contributed by atoms with Crippen molar-refractivity contribution in [3.05, 3.63) is 53.1 Å². The third-order valence-corrected chi connectivity index (χ3v) is 3.09. The van der Waals surface area contributed by atoms with Gasteiger partial charge in [0.1, 0.15) is 5.82 Å². The molecule has 0 aliphatic heterocycles. The minimum absolute atomic E-state index is 0.0151. The van der Waals surface area contributed by atoms with Crippen LogP contribution in [-0.4, -0.2) is 21.0 Å². The van der Waals surface area contributed by atoms with Gasteiger partial charge in [-0.1, -0.05) is 43.7 Å². The van der Waals surface area contributed by atoms with E-state index in [9.17, 15) is 9.90 Å². The lowest BCUT2D eigenvalue weighted by Gasteiger charge is -2.11. The standard InChI is InChI=1S/C16H19N3O2/c1-10(2)15-18-9-13(14(19-15)16(20)21)17-8-12-6-4-5-11(3)7-12/h4-7,9-10,17H,8H2,1-3H3,(H,20,21). The van der Waals surface area contributed by atoms with Gasteiger partial charge < -0.3 is 10.4 Å². The van der Waals surface area contributed by atoms with Gasteiger partial charge in [0.25, 0.3) is 0 Å². The molecule has 2 N–H and O–H groups in total. The number of carboxylic acid groups (broad SMARTS) is 1. The largest absolute Gasteiger partial charge is 0.476 e. The Morgan fingerprint density at radius 3 is 2.76 bits per heavy atom. The average molecular weight is 285 g/mol. The molecule has 0 amide bonds. The number of aromatic carboxylic acids is 1. The molecule has 0 atom stereocenters. The Labute approximate surface area is 124 Å². The number of nitrogens with zero attached hydrogens (tertiary/aromatic N) is 2. The van der Waals surface area contributed by atoms with E-state index in [1.165, 1.54) is 5.56 Å². The molecule has 2 rings (SSSR count). The third kappa shape index (κ3) is 3.78. The smallest absolute Gasteiger partial charge is 0.356 e. The normalized spacial score (nSPS) is 10.7. The van der Waals surface area contributed by atoms with Crippen molar-refractivity contribution in [2.75, 3.05) is 5.32 Å². The lowest BCUT2D eigenvalue weighted by Crippen LogP contribution is -2.12. The highest BCUT2D eigenvalue weighted by atomic mass is 16.4. The van der Waals surface area contributed by atoms with Gasteiger partial charge in [-0.15, -0.1) is 0 Å². The molecule has 0 fully saturated rings. The second-order valence-electron chi connectivity index (χ2n) is 5.29. The van der Waals surface area contributed by atoms with Crippen molar-refractivity contribution >= 4 is 11.7 Å². The number of benzene rings is 1. The fourth-order valence-corrected chi connectivity index (χ4v) is 1.99. The predicted molar refractivity (Wildman–Crippen MR) is 81.6 cm³/mol. The summed E-state index contributed by atoms with van der Waals surface area (Å²) in [4.78, 5) is 19.7. The number of nitrogens with one attached hydrogen (secondary N) is 1. The highest BCUT2D eigenvalue weighted by Gasteiger charge is 2.15. The molecule has 0 radical (unpaired) electrons. The van der Waals surface area contributed by atoms with Crippen LogP contribution in [0.1, 0.15) is 47.2 Å². The summed E-state index contributed by atoms with van der Waals surface area (Å²) in [6.45, 7) is 6.42. The number of rotatable bonds is 5. The summed E-state index contributed by atoms with van der Waals surface area (Å²) in [6.07, 6.45) is 1.54. The van der Waals surface area contributed by atoms with Crippen LogP contribution in [0.25, 0.3) is 0 Å². The molecule has 2 aromatic rings. The van der Waals surface area contributed by atoms with E-state index in [0.717, 1.165) is 5.56 Å².